The number of nitrogens with one attached hydrogen (secondary N) is 1. The van der Waals surface area contributed by atoms with Crippen molar-refractivity contribution in [2.45, 2.75) is 44.1 Å². The highest BCUT2D eigenvalue weighted by molar-refractivity contribution is 6.01. The predicted molar refractivity (Wildman–Crippen MR) is 195 cm³/mol. The van der Waals surface area contributed by atoms with Crippen molar-refractivity contribution in [2.75, 3.05) is 13.2 Å². The Bertz CT molecular complexity index is 2140. The van der Waals surface area contributed by atoms with Crippen molar-refractivity contribution in [3.05, 3.63) is 170 Å². The van der Waals surface area contributed by atoms with Gasteiger partial charge in [0.2, 0.25) is 5.90 Å². The fourth-order valence-electron chi connectivity index (χ4n) is 6.36. The Morgan fingerprint density at radius 3 is 2.24 bits per heavy atom. The third kappa shape index (κ3) is 7.79. The van der Waals surface area contributed by atoms with E-state index in [9.17, 15) is 10.3 Å². The van der Waals surface area contributed by atoms with E-state index in [0.717, 1.165) is 27.5 Å². The number of carbonyl (C=O) groups excluding carboxylic acids is 1. The SMILES string of the molecule is [N-]=[N+]=NCc1ccccc1C[C@@]1(C(=O)NCc2cccc3ccccc23)N=C(c2ccc(OCCCO)cc2)O[C@@H]1c1ccccc1CN=[N+]=[N-]. The van der Waals surface area contributed by atoms with Gasteiger partial charge in [-0.1, -0.05) is 101 Å². The lowest BCUT2D eigenvalue weighted by molar-refractivity contribution is -0.129. The van der Waals surface area contributed by atoms with Crippen molar-refractivity contribution in [3.8, 4) is 5.75 Å². The molecule has 2 N–H and O–H groups in total. The maximum absolute atomic E-state index is 15.0. The van der Waals surface area contributed by atoms with Crippen LogP contribution in [0.3, 0.4) is 0 Å². The largest absolute Gasteiger partial charge is 0.494 e. The average molecular weight is 681 g/mol. The van der Waals surface area contributed by atoms with Crippen LogP contribution in [0.15, 0.2) is 130 Å². The zero-order chi connectivity index (χ0) is 35.5. The third-order valence-corrected chi connectivity index (χ3v) is 8.87. The van der Waals surface area contributed by atoms with E-state index in [0.29, 0.717) is 35.5 Å². The van der Waals surface area contributed by atoms with Crippen molar-refractivity contribution in [1.82, 2.24) is 5.32 Å². The molecule has 0 saturated heterocycles. The first-order valence-corrected chi connectivity index (χ1v) is 16.6. The van der Waals surface area contributed by atoms with Gasteiger partial charge in [-0.2, -0.15) is 0 Å². The molecule has 0 aromatic heterocycles. The summed E-state index contributed by atoms with van der Waals surface area (Å²) >= 11 is 0. The maximum atomic E-state index is 15.0. The third-order valence-electron chi connectivity index (χ3n) is 8.87. The number of aliphatic hydroxyl groups is 1. The van der Waals surface area contributed by atoms with E-state index in [1.807, 2.05) is 103 Å². The molecule has 256 valence electrons. The van der Waals surface area contributed by atoms with Crippen LogP contribution in [-0.4, -0.2) is 35.7 Å². The topological polar surface area (TPSA) is 178 Å². The van der Waals surface area contributed by atoms with Gasteiger partial charge < -0.3 is 19.9 Å². The molecule has 0 saturated carbocycles. The summed E-state index contributed by atoms with van der Waals surface area (Å²) in [5.41, 5.74) is 21.2. The molecule has 0 aliphatic carbocycles. The van der Waals surface area contributed by atoms with Crippen LogP contribution in [0, 0.1) is 0 Å². The molecule has 0 spiro atoms. The fraction of sp³-hybridized carbons (Fsp3) is 0.231. The lowest BCUT2D eigenvalue weighted by Gasteiger charge is -2.32. The minimum atomic E-state index is -1.55. The van der Waals surface area contributed by atoms with Gasteiger partial charge in [0.1, 0.15) is 5.75 Å². The monoisotopic (exact) mass is 680 g/mol. The second kappa shape index (κ2) is 16.4. The highest BCUT2D eigenvalue weighted by Gasteiger charge is 2.54. The second-order valence-electron chi connectivity index (χ2n) is 12.0. The summed E-state index contributed by atoms with van der Waals surface area (Å²) in [6, 6.07) is 36.1. The molecule has 1 amide bonds. The molecule has 0 fully saturated rings. The molecule has 12 heteroatoms. The Labute approximate surface area is 294 Å². The minimum Gasteiger partial charge on any atom is -0.494 e. The highest BCUT2D eigenvalue weighted by Crippen LogP contribution is 2.44. The lowest BCUT2D eigenvalue weighted by atomic mass is 9.79. The van der Waals surface area contributed by atoms with Crippen molar-refractivity contribution >= 4 is 22.6 Å². The van der Waals surface area contributed by atoms with Gasteiger partial charge in [-0.15, -0.1) is 0 Å². The van der Waals surface area contributed by atoms with Crippen LogP contribution in [-0.2, 0) is 35.6 Å². The van der Waals surface area contributed by atoms with E-state index in [1.165, 1.54) is 0 Å². The number of ether oxygens (including phenoxy) is 2. The van der Waals surface area contributed by atoms with Gasteiger partial charge in [0.15, 0.2) is 11.6 Å². The van der Waals surface area contributed by atoms with Crippen molar-refractivity contribution in [3.63, 3.8) is 0 Å². The number of nitrogens with zero attached hydrogens (tertiary/aromatic N) is 7. The summed E-state index contributed by atoms with van der Waals surface area (Å²) in [7, 11) is 0. The highest BCUT2D eigenvalue weighted by atomic mass is 16.5. The molecule has 1 aliphatic heterocycles. The fourth-order valence-corrected chi connectivity index (χ4v) is 6.36. The van der Waals surface area contributed by atoms with E-state index in [2.05, 4.69) is 25.4 Å². The van der Waals surface area contributed by atoms with Gasteiger partial charge in [-0.05, 0) is 73.9 Å². The molecule has 0 radical (unpaired) electrons. The minimum absolute atomic E-state index is 0.0297. The van der Waals surface area contributed by atoms with Gasteiger partial charge in [0.25, 0.3) is 5.91 Å². The number of hydrogen-bond acceptors (Lipinski definition) is 7. The predicted octanol–water partition coefficient (Wildman–Crippen LogP) is 8.04. The number of carbonyl (C=O) groups is 1. The van der Waals surface area contributed by atoms with Gasteiger partial charge >= 0.3 is 0 Å². The number of benzene rings is 5. The average Bonchev–Trinajstić information content (AvgIpc) is 3.56. The molecule has 6 rings (SSSR count). The Kier molecular flexibility index (Phi) is 11.1. The zero-order valence-electron chi connectivity index (χ0n) is 27.8. The molecule has 0 bridgehead atoms. The Balaban J connectivity index is 1.48. The molecular weight excluding hydrogens is 644 g/mol. The van der Waals surface area contributed by atoms with Crippen LogP contribution >= 0.6 is 0 Å². The number of rotatable bonds is 15. The number of azide groups is 2. The summed E-state index contributed by atoms with van der Waals surface area (Å²) in [6.45, 7) is 0.769. The van der Waals surface area contributed by atoms with E-state index < -0.39 is 11.6 Å². The molecule has 51 heavy (non-hydrogen) atoms. The van der Waals surface area contributed by atoms with Crippen molar-refractivity contribution in [1.29, 1.82) is 0 Å². The van der Waals surface area contributed by atoms with Crippen molar-refractivity contribution < 1.29 is 19.4 Å². The number of hydrogen-bond donors (Lipinski definition) is 2. The number of amides is 1. The van der Waals surface area contributed by atoms with Crippen LogP contribution in [0.5, 0.6) is 5.75 Å². The van der Waals surface area contributed by atoms with E-state index in [-0.39, 0.29) is 44.5 Å². The first kappa shape index (κ1) is 34.5. The quantitative estimate of drug-likeness (QED) is 0.0492. The van der Waals surface area contributed by atoms with E-state index in [4.69, 9.17) is 25.1 Å². The number of fused-ring (bicyclic) bond motifs is 1. The van der Waals surface area contributed by atoms with Crippen molar-refractivity contribution in [2.24, 2.45) is 15.2 Å². The molecule has 12 nitrogen and oxygen atoms in total. The van der Waals surface area contributed by atoms with E-state index in [1.54, 1.807) is 12.1 Å². The van der Waals surface area contributed by atoms with E-state index >= 15 is 0 Å². The summed E-state index contributed by atoms with van der Waals surface area (Å²) < 4.78 is 12.5. The Morgan fingerprint density at radius 1 is 0.824 bits per heavy atom. The smallest absolute Gasteiger partial charge is 0.252 e. The zero-order valence-corrected chi connectivity index (χ0v) is 27.8. The molecule has 5 aromatic carbocycles. The molecule has 2 atom stereocenters. The normalized spacial score (nSPS) is 16.3. The lowest BCUT2D eigenvalue weighted by Crippen LogP contribution is -2.50. The first-order valence-electron chi connectivity index (χ1n) is 16.6. The van der Waals surface area contributed by atoms with Crippen LogP contribution in [0.1, 0.15) is 45.9 Å². The summed E-state index contributed by atoms with van der Waals surface area (Å²) in [4.78, 5) is 26.1. The summed E-state index contributed by atoms with van der Waals surface area (Å²) in [6.07, 6.45) is -0.317. The van der Waals surface area contributed by atoms with Gasteiger partial charge in [-0.25, -0.2) is 4.99 Å². The summed E-state index contributed by atoms with van der Waals surface area (Å²) in [5, 5.41) is 22.1. The van der Waals surface area contributed by atoms with Gasteiger partial charge in [-0.3, -0.25) is 4.79 Å². The van der Waals surface area contributed by atoms with Gasteiger partial charge in [0, 0.05) is 41.4 Å². The first-order chi connectivity index (χ1) is 25.1. The summed E-state index contributed by atoms with van der Waals surface area (Å²) in [5.74, 6) is 0.512. The Morgan fingerprint density at radius 2 is 1.47 bits per heavy atom. The molecule has 1 aliphatic rings. The Hall–Kier alpha value is -6.32. The standard InChI is InChI=1S/C39H36N8O4/c40-46-43-25-30-11-2-1-10-29(30)23-39(38(49)42-24-31-14-7-13-27-9-3-5-15-34(27)31)36(35-16-6-4-12-32(35)26-44-47-41)51-37(45-39)28-17-19-33(20-18-28)50-22-8-21-48/h1-7,9-20,36,48H,8,21-26H2,(H,42,49)/t36-,39-/m1/s1. The molecule has 1 heterocycles. The molecule has 0 unspecified atom stereocenters. The van der Waals surface area contributed by atoms with Crippen LogP contribution in [0.2, 0.25) is 0 Å². The molecular formula is C39H36N8O4. The van der Waals surface area contributed by atoms with Crippen LogP contribution < -0.4 is 10.1 Å². The number of aliphatic hydroxyl groups excluding tert-OH is 1. The van der Waals surface area contributed by atoms with Gasteiger partial charge in [0.05, 0.1) is 19.7 Å². The number of aliphatic imine (C=N–C) groups is 1. The maximum Gasteiger partial charge on any atom is 0.252 e. The molecule has 5 aromatic rings. The second-order valence-corrected chi connectivity index (χ2v) is 12.0. The van der Waals surface area contributed by atoms with Crippen LogP contribution in [0.4, 0.5) is 0 Å². The van der Waals surface area contributed by atoms with Crippen LogP contribution in [0.25, 0.3) is 31.7 Å².